The number of hydrogen-bond donors (Lipinski definition) is 1. The van der Waals surface area contributed by atoms with E-state index >= 15 is 0 Å². The fraction of sp³-hybridized carbons (Fsp3) is 0.688. The van der Waals surface area contributed by atoms with E-state index in [0.29, 0.717) is 0 Å². The van der Waals surface area contributed by atoms with Gasteiger partial charge in [-0.15, -0.1) is 0 Å². The van der Waals surface area contributed by atoms with Crippen molar-refractivity contribution in [3.05, 3.63) is 23.0 Å². The molecule has 2 rings (SSSR count). The van der Waals surface area contributed by atoms with Gasteiger partial charge in [0.25, 0.3) is 0 Å². The molecule has 0 aliphatic heterocycles. The van der Waals surface area contributed by atoms with E-state index in [9.17, 15) is 0 Å². The lowest BCUT2D eigenvalue weighted by molar-refractivity contribution is 0.334. The van der Waals surface area contributed by atoms with E-state index in [1.807, 2.05) is 17.7 Å². The number of nitrogens with one attached hydrogen (secondary N) is 1. The van der Waals surface area contributed by atoms with Gasteiger partial charge in [0.1, 0.15) is 11.8 Å². The molecule has 19 heavy (non-hydrogen) atoms. The van der Waals surface area contributed by atoms with Crippen molar-refractivity contribution in [3.63, 3.8) is 0 Å². The van der Waals surface area contributed by atoms with E-state index in [1.165, 1.54) is 49.8 Å². The van der Waals surface area contributed by atoms with Gasteiger partial charge in [-0.2, -0.15) is 5.26 Å². The number of nitrogens with zero attached hydrogens (tertiary/aromatic N) is 2. The molecule has 0 radical (unpaired) electrons. The first-order valence-electron chi connectivity index (χ1n) is 7.48. The Labute approximate surface area is 116 Å². The summed E-state index contributed by atoms with van der Waals surface area (Å²) in [5.74, 6) is 0.938. The van der Waals surface area contributed by atoms with Gasteiger partial charge >= 0.3 is 0 Å². The minimum absolute atomic E-state index is 0.751. The van der Waals surface area contributed by atoms with Gasteiger partial charge in [-0.25, -0.2) is 0 Å². The molecule has 1 aromatic rings. The van der Waals surface area contributed by atoms with Gasteiger partial charge in [0, 0.05) is 19.3 Å². The molecule has 1 N–H and O–H groups in total. The third-order valence-corrected chi connectivity index (χ3v) is 4.52. The van der Waals surface area contributed by atoms with Crippen molar-refractivity contribution in [1.29, 1.82) is 5.26 Å². The van der Waals surface area contributed by atoms with Crippen molar-refractivity contribution in [2.24, 2.45) is 13.0 Å². The highest BCUT2D eigenvalue weighted by Gasteiger charge is 2.13. The molecule has 0 aromatic carbocycles. The van der Waals surface area contributed by atoms with Crippen molar-refractivity contribution < 1.29 is 0 Å². The summed E-state index contributed by atoms with van der Waals surface area (Å²) in [7, 11) is 1.96. The van der Waals surface area contributed by atoms with E-state index < -0.39 is 0 Å². The maximum Gasteiger partial charge on any atom is 0.120 e. The van der Waals surface area contributed by atoms with Crippen LogP contribution in [0.15, 0.2) is 6.07 Å². The average molecular weight is 259 g/mol. The van der Waals surface area contributed by atoms with Crippen LogP contribution in [-0.2, 0) is 13.6 Å². The summed E-state index contributed by atoms with van der Waals surface area (Å²) in [6, 6.07) is 4.24. The Hall–Kier alpha value is -1.27. The third kappa shape index (κ3) is 3.61. The van der Waals surface area contributed by atoms with Gasteiger partial charge in [0.2, 0.25) is 0 Å². The number of rotatable bonds is 5. The lowest BCUT2D eigenvalue weighted by Gasteiger charge is -2.21. The zero-order valence-electron chi connectivity index (χ0n) is 12.2. The summed E-state index contributed by atoms with van der Waals surface area (Å²) < 4.78 is 1.97. The summed E-state index contributed by atoms with van der Waals surface area (Å²) >= 11 is 0. The lowest BCUT2D eigenvalue weighted by Crippen LogP contribution is -2.19. The van der Waals surface area contributed by atoms with Crippen molar-refractivity contribution in [2.75, 3.05) is 6.54 Å². The molecule has 104 valence electrons. The van der Waals surface area contributed by atoms with Gasteiger partial charge < -0.3 is 9.88 Å². The topological polar surface area (TPSA) is 40.8 Å². The van der Waals surface area contributed by atoms with Crippen LogP contribution in [0.5, 0.6) is 0 Å². The third-order valence-electron chi connectivity index (χ3n) is 4.52. The largest absolute Gasteiger partial charge is 0.340 e. The molecule has 1 aromatic heterocycles. The van der Waals surface area contributed by atoms with Crippen LogP contribution in [0, 0.1) is 24.2 Å². The van der Waals surface area contributed by atoms with Crippen LogP contribution in [0.4, 0.5) is 0 Å². The van der Waals surface area contributed by atoms with Crippen LogP contribution in [0.2, 0.25) is 0 Å². The Morgan fingerprint density at radius 1 is 1.37 bits per heavy atom. The number of hydrogen-bond acceptors (Lipinski definition) is 2. The molecule has 3 heteroatoms. The lowest BCUT2D eigenvalue weighted by atomic mass is 9.87. The van der Waals surface area contributed by atoms with Crippen LogP contribution >= 0.6 is 0 Å². The molecule has 1 fully saturated rings. The summed E-state index contributed by atoms with van der Waals surface area (Å²) in [5.41, 5.74) is 3.20. The highest BCUT2D eigenvalue weighted by atomic mass is 15.0. The predicted molar refractivity (Wildman–Crippen MR) is 77.8 cm³/mol. The van der Waals surface area contributed by atoms with E-state index in [1.54, 1.807) is 0 Å². The van der Waals surface area contributed by atoms with E-state index in [-0.39, 0.29) is 0 Å². The van der Waals surface area contributed by atoms with E-state index in [2.05, 4.69) is 18.3 Å². The standard InChI is InChI=1S/C16H25N3/c1-13-15(10-16(11-17)19(13)2)12-18-9-8-14-6-4-3-5-7-14/h10,14,18H,3-9,12H2,1-2H3. The van der Waals surface area contributed by atoms with Gasteiger partial charge in [0.15, 0.2) is 0 Å². The molecule has 0 unspecified atom stereocenters. The van der Waals surface area contributed by atoms with E-state index in [0.717, 1.165) is 24.7 Å². The minimum atomic E-state index is 0.751. The normalized spacial score (nSPS) is 16.5. The Kier molecular flexibility index (Phi) is 5.04. The smallest absolute Gasteiger partial charge is 0.120 e. The first kappa shape index (κ1) is 14.1. The molecule has 1 heterocycles. The maximum atomic E-state index is 9.01. The van der Waals surface area contributed by atoms with Crippen molar-refractivity contribution in [2.45, 2.75) is 52.0 Å². The summed E-state index contributed by atoms with van der Waals surface area (Å²) in [5, 5.41) is 12.5. The molecule has 3 nitrogen and oxygen atoms in total. The maximum absolute atomic E-state index is 9.01. The second kappa shape index (κ2) is 6.77. The highest BCUT2D eigenvalue weighted by Crippen LogP contribution is 2.25. The fourth-order valence-electron chi connectivity index (χ4n) is 3.05. The zero-order valence-corrected chi connectivity index (χ0v) is 12.2. The second-order valence-electron chi connectivity index (χ2n) is 5.78. The van der Waals surface area contributed by atoms with Crippen LogP contribution in [0.25, 0.3) is 0 Å². The summed E-state index contributed by atoms with van der Waals surface area (Å²) in [6.07, 6.45) is 8.43. The molecule has 1 saturated carbocycles. The van der Waals surface area contributed by atoms with Crippen LogP contribution in [-0.4, -0.2) is 11.1 Å². The predicted octanol–water partition coefficient (Wildman–Crippen LogP) is 3.27. The van der Waals surface area contributed by atoms with Crippen LogP contribution in [0.1, 0.15) is 55.5 Å². The van der Waals surface area contributed by atoms with Crippen molar-refractivity contribution in [1.82, 2.24) is 9.88 Å². The number of nitriles is 1. The second-order valence-corrected chi connectivity index (χ2v) is 5.78. The van der Waals surface area contributed by atoms with Crippen molar-refractivity contribution in [3.8, 4) is 6.07 Å². The minimum Gasteiger partial charge on any atom is -0.340 e. The van der Waals surface area contributed by atoms with Gasteiger partial charge in [-0.05, 0) is 37.4 Å². The Morgan fingerprint density at radius 2 is 2.11 bits per heavy atom. The molecule has 0 amide bonds. The van der Waals surface area contributed by atoms with E-state index in [4.69, 9.17) is 5.26 Å². The molecule has 1 aliphatic rings. The first-order chi connectivity index (χ1) is 9.22. The summed E-state index contributed by atoms with van der Waals surface area (Å²) in [4.78, 5) is 0. The number of aromatic nitrogens is 1. The SMILES string of the molecule is Cc1c(CNCCC2CCCCC2)cc(C#N)n1C. The molecule has 0 spiro atoms. The van der Waals surface area contributed by atoms with Crippen LogP contribution in [0.3, 0.4) is 0 Å². The monoisotopic (exact) mass is 259 g/mol. The zero-order chi connectivity index (χ0) is 13.7. The van der Waals surface area contributed by atoms with Gasteiger partial charge in [-0.3, -0.25) is 0 Å². The molecule has 0 atom stereocenters. The molecule has 0 saturated heterocycles. The first-order valence-corrected chi connectivity index (χ1v) is 7.48. The average Bonchev–Trinajstić information content (AvgIpc) is 2.72. The fourth-order valence-corrected chi connectivity index (χ4v) is 3.05. The Bertz CT molecular complexity index is 447. The highest BCUT2D eigenvalue weighted by molar-refractivity contribution is 5.33. The molecule has 0 bridgehead atoms. The van der Waals surface area contributed by atoms with Gasteiger partial charge in [-0.1, -0.05) is 32.1 Å². The molecule has 1 aliphatic carbocycles. The van der Waals surface area contributed by atoms with Crippen LogP contribution < -0.4 is 5.32 Å². The molecular formula is C16H25N3. The summed E-state index contributed by atoms with van der Waals surface area (Å²) in [6.45, 7) is 4.06. The Morgan fingerprint density at radius 3 is 2.74 bits per heavy atom. The Balaban J connectivity index is 1.75. The van der Waals surface area contributed by atoms with Crippen molar-refractivity contribution >= 4 is 0 Å². The van der Waals surface area contributed by atoms with Gasteiger partial charge in [0.05, 0.1) is 0 Å². The quantitative estimate of drug-likeness (QED) is 0.825. The molecular weight excluding hydrogens is 234 g/mol.